The Morgan fingerprint density at radius 2 is 2.00 bits per heavy atom. The first-order valence-corrected chi connectivity index (χ1v) is 5.28. The number of hydrogen-bond acceptors (Lipinski definition) is 6. The Labute approximate surface area is 111 Å². The van der Waals surface area contributed by atoms with Crippen molar-refractivity contribution < 1.29 is 24.3 Å². The molecule has 2 rings (SSSR count). The van der Waals surface area contributed by atoms with Crippen molar-refractivity contribution in [3.8, 4) is 11.5 Å². The molecule has 0 amide bonds. The number of carbonyl (C=O) groups is 1. The van der Waals surface area contributed by atoms with Crippen LogP contribution in [0.3, 0.4) is 0 Å². The van der Waals surface area contributed by atoms with Crippen LogP contribution in [-0.4, -0.2) is 25.9 Å². The predicted molar refractivity (Wildman–Crippen MR) is 64.1 cm³/mol. The summed E-state index contributed by atoms with van der Waals surface area (Å²) in [4.78, 5) is 25.1. The van der Waals surface area contributed by atoms with Gasteiger partial charge in [-0.3, -0.25) is 14.9 Å². The van der Waals surface area contributed by atoms with Gasteiger partial charge in [0.1, 0.15) is 5.69 Å². The molecular formula is C12H7FN2O5. The van der Waals surface area contributed by atoms with Gasteiger partial charge in [-0.05, 0) is 18.2 Å². The number of hydrogen-bond donors (Lipinski definition) is 2. The molecule has 7 nitrogen and oxygen atoms in total. The van der Waals surface area contributed by atoms with Crippen LogP contribution in [0.15, 0.2) is 30.3 Å². The van der Waals surface area contributed by atoms with E-state index in [1.54, 1.807) is 0 Å². The molecule has 1 aromatic heterocycles. The lowest BCUT2D eigenvalue weighted by Gasteiger charge is -2.04. The maximum absolute atomic E-state index is 12.9. The van der Waals surface area contributed by atoms with Crippen molar-refractivity contribution in [1.82, 2.24) is 4.98 Å². The molecule has 0 saturated carbocycles. The van der Waals surface area contributed by atoms with Crippen molar-refractivity contribution in [3.63, 3.8) is 0 Å². The maximum Gasteiger partial charge on any atom is 0.315 e. The average Bonchev–Trinajstić information content (AvgIpc) is 2.40. The van der Waals surface area contributed by atoms with Gasteiger partial charge in [0.2, 0.25) is 17.5 Å². The third-order valence-corrected chi connectivity index (χ3v) is 2.48. The number of halogens is 1. The maximum atomic E-state index is 12.9. The Kier molecular flexibility index (Phi) is 3.30. The number of ketones is 1. The fourth-order valence-corrected chi connectivity index (χ4v) is 1.56. The van der Waals surface area contributed by atoms with E-state index in [9.17, 15) is 29.5 Å². The Morgan fingerprint density at radius 1 is 1.30 bits per heavy atom. The third kappa shape index (κ3) is 2.39. The molecule has 0 aliphatic rings. The van der Waals surface area contributed by atoms with Crippen LogP contribution in [0.5, 0.6) is 11.5 Å². The average molecular weight is 278 g/mol. The van der Waals surface area contributed by atoms with Gasteiger partial charge in [-0.25, -0.2) is 4.98 Å². The first-order chi connectivity index (χ1) is 9.40. The molecule has 1 aromatic carbocycles. The SMILES string of the molecule is O=C(c1cc(O)c(O)c([N+](=O)[O-])c1)c1cccc(F)n1. The van der Waals surface area contributed by atoms with E-state index in [0.29, 0.717) is 0 Å². The zero-order valence-corrected chi connectivity index (χ0v) is 9.78. The lowest BCUT2D eigenvalue weighted by Crippen LogP contribution is -2.05. The smallest absolute Gasteiger partial charge is 0.315 e. The molecule has 0 unspecified atom stereocenters. The number of aromatic hydroxyl groups is 2. The minimum Gasteiger partial charge on any atom is -0.504 e. The van der Waals surface area contributed by atoms with Crippen molar-refractivity contribution in [2.75, 3.05) is 0 Å². The topological polar surface area (TPSA) is 114 Å². The number of pyridine rings is 1. The second-order valence-electron chi connectivity index (χ2n) is 3.79. The van der Waals surface area contributed by atoms with E-state index in [0.717, 1.165) is 18.2 Å². The van der Waals surface area contributed by atoms with E-state index in [2.05, 4.69) is 4.98 Å². The van der Waals surface area contributed by atoms with Crippen LogP contribution in [0, 0.1) is 16.1 Å². The summed E-state index contributed by atoms with van der Waals surface area (Å²) in [7, 11) is 0. The highest BCUT2D eigenvalue weighted by molar-refractivity contribution is 6.08. The normalized spacial score (nSPS) is 10.2. The van der Waals surface area contributed by atoms with Crippen LogP contribution in [0.25, 0.3) is 0 Å². The van der Waals surface area contributed by atoms with Crippen LogP contribution >= 0.6 is 0 Å². The van der Waals surface area contributed by atoms with Crippen molar-refractivity contribution in [2.24, 2.45) is 0 Å². The molecule has 0 bridgehead atoms. The van der Waals surface area contributed by atoms with E-state index < -0.39 is 33.8 Å². The fourth-order valence-electron chi connectivity index (χ4n) is 1.56. The van der Waals surface area contributed by atoms with E-state index >= 15 is 0 Å². The summed E-state index contributed by atoms with van der Waals surface area (Å²) < 4.78 is 12.9. The van der Waals surface area contributed by atoms with Crippen molar-refractivity contribution in [2.45, 2.75) is 0 Å². The quantitative estimate of drug-likeness (QED) is 0.291. The molecule has 0 radical (unpaired) electrons. The second-order valence-corrected chi connectivity index (χ2v) is 3.79. The summed E-state index contributed by atoms with van der Waals surface area (Å²) >= 11 is 0. The molecule has 1 heterocycles. The molecule has 0 fully saturated rings. The Morgan fingerprint density at radius 3 is 2.60 bits per heavy atom. The number of nitro benzene ring substituents is 1. The summed E-state index contributed by atoms with van der Waals surface area (Å²) in [5, 5.41) is 29.4. The van der Waals surface area contributed by atoms with Crippen molar-refractivity contribution in [1.29, 1.82) is 0 Å². The van der Waals surface area contributed by atoms with Gasteiger partial charge in [0, 0.05) is 11.6 Å². The lowest BCUT2D eigenvalue weighted by atomic mass is 10.1. The molecule has 0 atom stereocenters. The monoisotopic (exact) mass is 278 g/mol. The number of benzene rings is 1. The highest BCUT2D eigenvalue weighted by Crippen LogP contribution is 2.36. The van der Waals surface area contributed by atoms with Gasteiger partial charge < -0.3 is 10.2 Å². The highest BCUT2D eigenvalue weighted by Gasteiger charge is 2.22. The number of aromatic nitrogens is 1. The summed E-state index contributed by atoms with van der Waals surface area (Å²) in [5.41, 5.74) is -1.39. The van der Waals surface area contributed by atoms with Gasteiger partial charge in [-0.15, -0.1) is 0 Å². The van der Waals surface area contributed by atoms with E-state index in [4.69, 9.17) is 0 Å². The number of carbonyl (C=O) groups excluding carboxylic acids is 1. The van der Waals surface area contributed by atoms with Gasteiger partial charge in [-0.1, -0.05) is 6.07 Å². The van der Waals surface area contributed by atoms with E-state index in [1.807, 2.05) is 0 Å². The van der Waals surface area contributed by atoms with Gasteiger partial charge in [0.05, 0.1) is 4.92 Å². The minimum atomic E-state index is -0.954. The molecule has 0 spiro atoms. The Hall–Kier alpha value is -3.03. The van der Waals surface area contributed by atoms with Gasteiger partial charge in [0.25, 0.3) is 0 Å². The Bertz CT molecular complexity index is 717. The molecule has 8 heteroatoms. The Balaban J connectivity index is 2.53. The second kappa shape index (κ2) is 4.92. The molecule has 20 heavy (non-hydrogen) atoms. The van der Waals surface area contributed by atoms with Crippen molar-refractivity contribution >= 4 is 11.5 Å². The van der Waals surface area contributed by atoms with E-state index in [1.165, 1.54) is 12.1 Å². The molecule has 0 aliphatic carbocycles. The number of phenols is 2. The first kappa shape index (κ1) is 13.4. The standard InChI is InChI=1S/C12H7FN2O5/c13-10-3-1-2-7(14-10)11(17)6-4-8(15(19)20)12(18)9(16)5-6/h1-5,16,18H. The fraction of sp³-hybridized carbons (Fsp3) is 0. The number of rotatable bonds is 3. The molecule has 2 aromatic rings. The van der Waals surface area contributed by atoms with E-state index in [-0.39, 0.29) is 11.3 Å². The lowest BCUT2D eigenvalue weighted by molar-refractivity contribution is -0.386. The largest absolute Gasteiger partial charge is 0.504 e. The summed E-state index contributed by atoms with van der Waals surface area (Å²) in [6.45, 7) is 0. The van der Waals surface area contributed by atoms with Gasteiger partial charge in [-0.2, -0.15) is 4.39 Å². The molecule has 102 valence electrons. The van der Waals surface area contributed by atoms with Crippen LogP contribution in [0.1, 0.15) is 16.1 Å². The predicted octanol–water partition coefficient (Wildman–Crippen LogP) is 1.77. The highest BCUT2D eigenvalue weighted by atomic mass is 19.1. The zero-order valence-electron chi connectivity index (χ0n) is 9.78. The number of nitro groups is 1. The molecule has 0 saturated heterocycles. The zero-order chi connectivity index (χ0) is 14.9. The molecule has 0 aliphatic heterocycles. The van der Waals surface area contributed by atoms with Crippen LogP contribution in [0.4, 0.5) is 10.1 Å². The summed E-state index contributed by atoms with van der Waals surface area (Å²) in [6.07, 6.45) is 0. The number of phenolic OH excluding ortho intramolecular Hbond substituents is 2. The van der Waals surface area contributed by atoms with Crippen molar-refractivity contribution in [3.05, 3.63) is 57.7 Å². The summed E-state index contributed by atoms with van der Waals surface area (Å²) in [5.74, 6) is -3.46. The van der Waals surface area contributed by atoms with Crippen LogP contribution in [-0.2, 0) is 0 Å². The van der Waals surface area contributed by atoms with Crippen LogP contribution < -0.4 is 0 Å². The van der Waals surface area contributed by atoms with Gasteiger partial charge in [0.15, 0.2) is 5.75 Å². The molecule has 2 N–H and O–H groups in total. The first-order valence-electron chi connectivity index (χ1n) is 5.28. The minimum absolute atomic E-state index is 0.274. The summed E-state index contributed by atoms with van der Waals surface area (Å²) in [6, 6.07) is 5.14. The van der Waals surface area contributed by atoms with Crippen LogP contribution in [0.2, 0.25) is 0 Å². The number of nitrogens with zero attached hydrogens (tertiary/aromatic N) is 2. The van der Waals surface area contributed by atoms with Gasteiger partial charge >= 0.3 is 5.69 Å². The third-order valence-electron chi connectivity index (χ3n) is 2.48. The molecular weight excluding hydrogens is 271 g/mol.